The lowest BCUT2D eigenvalue weighted by Crippen LogP contribution is -2.37. The standard InChI is InChI=1S/C52H58O5/c1-9-28-50(3,4)33-51(29-10-2)45-14-12-11-13-42(45)47-41-25-15-34(40-26-24-39(55-7)32-46(40)56-8)31-44(41)49-43(48(47)51)27-30-52(57-49,35-16-20-37(53-5)21-17-35)36-18-22-38(54-6)23-19-36/h11-14,16-24,26-27,30,32,34H,9-10,15,25,28-29,31,33H2,1-8H3. The van der Waals surface area contributed by atoms with Crippen LogP contribution in [-0.2, 0) is 23.9 Å². The topological polar surface area (TPSA) is 46.2 Å². The summed E-state index contributed by atoms with van der Waals surface area (Å²) in [6, 6.07) is 32.4. The first-order valence-electron chi connectivity index (χ1n) is 20.9. The molecule has 0 N–H and O–H groups in total. The van der Waals surface area contributed by atoms with Gasteiger partial charge in [-0.3, -0.25) is 0 Å². The minimum Gasteiger partial charge on any atom is -0.497 e. The van der Waals surface area contributed by atoms with E-state index >= 15 is 0 Å². The molecule has 0 aromatic heterocycles. The van der Waals surface area contributed by atoms with Crippen molar-refractivity contribution in [3.63, 3.8) is 0 Å². The summed E-state index contributed by atoms with van der Waals surface area (Å²) in [4.78, 5) is 0. The van der Waals surface area contributed by atoms with Crippen molar-refractivity contribution >= 4 is 6.08 Å². The van der Waals surface area contributed by atoms with Crippen molar-refractivity contribution in [2.75, 3.05) is 28.4 Å². The molecule has 0 amide bonds. The molecule has 5 nitrogen and oxygen atoms in total. The van der Waals surface area contributed by atoms with E-state index in [2.05, 4.69) is 101 Å². The Kier molecular flexibility index (Phi) is 10.4. The summed E-state index contributed by atoms with van der Waals surface area (Å²) in [5.41, 5.74) is 12.2. The number of benzene rings is 5. The van der Waals surface area contributed by atoms with Crippen molar-refractivity contribution in [3.05, 3.63) is 142 Å². The summed E-state index contributed by atoms with van der Waals surface area (Å²) in [5.74, 6) is 4.55. The fraction of sp³-hybridized carbons (Fsp3) is 0.385. The Morgan fingerprint density at radius 2 is 1.39 bits per heavy atom. The van der Waals surface area contributed by atoms with Gasteiger partial charge in [-0.05, 0) is 125 Å². The largest absolute Gasteiger partial charge is 0.497 e. The van der Waals surface area contributed by atoms with Gasteiger partial charge in [-0.25, -0.2) is 0 Å². The van der Waals surface area contributed by atoms with E-state index in [4.69, 9.17) is 23.7 Å². The van der Waals surface area contributed by atoms with Crippen molar-refractivity contribution in [2.45, 2.75) is 96.0 Å². The van der Waals surface area contributed by atoms with E-state index in [1.54, 1.807) is 28.4 Å². The van der Waals surface area contributed by atoms with Gasteiger partial charge in [-0.2, -0.15) is 0 Å². The van der Waals surface area contributed by atoms with E-state index in [0.717, 1.165) is 84.8 Å². The highest BCUT2D eigenvalue weighted by molar-refractivity contribution is 5.91. The lowest BCUT2D eigenvalue weighted by atomic mass is 9.62. The minimum absolute atomic E-state index is 0.145. The maximum atomic E-state index is 7.87. The number of ether oxygens (including phenoxy) is 5. The van der Waals surface area contributed by atoms with Crippen LogP contribution < -0.4 is 23.7 Å². The molecule has 5 aromatic rings. The smallest absolute Gasteiger partial charge is 0.178 e. The van der Waals surface area contributed by atoms with E-state index in [0.29, 0.717) is 0 Å². The molecule has 2 unspecified atom stereocenters. The number of fused-ring (bicyclic) bond motifs is 8. The summed E-state index contributed by atoms with van der Waals surface area (Å²) in [7, 11) is 6.90. The summed E-state index contributed by atoms with van der Waals surface area (Å²) in [6.07, 6.45) is 13.1. The molecule has 3 aliphatic rings. The molecule has 0 radical (unpaired) electrons. The predicted molar refractivity (Wildman–Crippen MR) is 232 cm³/mol. The number of hydrogen-bond donors (Lipinski definition) is 0. The van der Waals surface area contributed by atoms with Gasteiger partial charge < -0.3 is 23.7 Å². The maximum absolute atomic E-state index is 7.87. The van der Waals surface area contributed by atoms with Crippen LogP contribution in [0.2, 0.25) is 0 Å². The van der Waals surface area contributed by atoms with E-state index in [9.17, 15) is 0 Å². The molecule has 296 valence electrons. The molecular formula is C52H58O5. The van der Waals surface area contributed by atoms with Crippen molar-refractivity contribution in [1.29, 1.82) is 0 Å². The molecule has 0 bridgehead atoms. The van der Waals surface area contributed by atoms with E-state index in [1.165, 1.54) is 50.9 Å². The Balaban J connectivity index is 1.42. The summed E-state index contributed by atoms with van der Waals surface area (Å²) in [5, 5.41) is 0. The molecule has 2 atom stereocenters. The van der Waals surface area contributed by atoms with Crippen LogP contribution >= 0.6 is 0 Å². The van der Waals surface area contributed by atoms with Gasteiger partial charge in [-0.15, -0.1) is 0 Å². The lowest BCUT2D eigenvalue weighted by molar-refractivity contribution is 0.157. The van der Waals surface area contributed by atoms with Gasteiger partial charge in [-0.1, -0.05) is 101 Å². The molecule has 5 heteroatoms. The Hall–Kier alpha value is -5.16. The third-order valence-corrected chi connectivity index (χ3v) is 13.1. The van der Waals surface area contributed by atoms with Crippen LogP contribution in [0.25, 0.3) is 17.2 Å². The van der Waals surface area contributed by atoms with Crippen LogP contribution in [-0.4, -0.2) is 28.4 Å². The lowest BCUT2D eigenvalue weighted by Gasteiger charge is -2.44. The molecule has 0 spiro atoms. The molecule has 5 aromatic carbocycles. The Morgan fingerprint density at radius 3 is 2.00 bits per heavy atom. The van der Waals surface area contributed by atoms with Crippen LogP contribution in [0.5, 0.6) is 28.7 Å². The maximum Gasteiger partial charge on any atom is 0.178 e. The van der Waals surface area contributed by atoms with Gasteiger partial charge in [0.15, 0.2) is 5.60 Å². The van der Waals surface area contributed by atoms with Gasteiger partial charge in [0, 0.05) is 28.2 Å². The average Bonchev–Trinajstić information content (AvgIpc) is 3.52. The predicted octanol–water partition coefficient (Wildman–Crippen LogP) is 12.6. The number of hydrogen-bond acceptors (Lipinski definition) is 5. The first kappa shape index (κ1) is 38.7. The van der Waals surface area contributed by atoms with Gasteiger partial charge in [0.2, 0.25) is 0 Å². The second-order valence-electron chi connectivity index (χ2n) is 17.1. The number of methoxy groups -OCH3 is 4. The molecule has 1 aliphatic heterocycles. The minimum atomic E-state index is -0.890. The molecule has 1 heterocycles. The third kappa shape index (κ3) is 6.48. The van der Waals surface area contributed by atoms with Crippen molar-refractivity contribution in [2.24, 2.45) is 5.41 Å². The molecule has 0 saturated heterocycles. The van der Waals surface area contributed by atoms with Crippen LogP contribution in [0, 0.1) is 5.41 Å². The molecule has 0 saturated carbocycles. The second-order valence-corrected chi connectivity index (χ2v) is 17.1. The highest BCUT2D eigenvalue weighted by Crippen LogP contribution is 2.63. The fourth-order valence-electron chi connectivity index (χ4n) is 10.8. The quantitative estimate of drug-likeness (QED) is 0.120. The van der Waals surface area contributed by atoms with Gasteiger partial charge in [0.05, 0.1) is 28.4 Å². The highest BCUT2D eigenvalue weighted by atomic mass is 16.5. The second kappa shape index (κ2) is 15.3. The molecular weight excluding hydrogens is 705 g/mol. The monoisotopic (exact) mass is 762 g/mol. The SMILES string of the molecule is CCCC(C)(C)CC1(CCC)c2ccccc2-c2c3c(c4c(c21)C=CC(c1ccc(OC)cc1)(c1ccc(OC)cc1)O4)CC(c1ccc(OC)cc1OC)CC3. The van der Waals surface area contributed by atoms with Crippen LogP contribution in [0.1, 0.15) is 117 Å². The number of rotatable bonds is 13. The molecule has 8 rings (SSSR count). The van der Waals surface area contributed by atoms with Gasteiger partial charge in [0.1, 0.15) is 28.7 Å². The van der Waals surface area contributed by atoms with Crippen molar-refractivity contribution in [1.82, 2.24) is 0 Å². The van der Waals surface area contributed by atoms with Gasteiger partial charge >= 0.3 is 0 Å². The zero-order valence-corrected chi connectivity index (χ0v) is 35.1. The average molecular weight is 763 g/mol. The first-order chi connectivity index (χ1) is 27.6. The van der Waals surface area contributed by atoms with Crippen molar-refractivity contribution < 1.29 is 23.7 Å². The van der Waals surface area contributed by atoms with Crippen LogP contribution in [0.3, 0.4) is 0 Å². The Morgan fingerprint density at radius 1 is 0.737 bits per heavy atom. The Bertz CT molecular complexity index is 2230. The zero-order valence-electron chi connectivity index (χ0n) is 35.1. The van der Waals surface area contributed by atoms with E-state index < -0.39 is 5.60 Å². The fourth-order valence-corrected chi connectivity index (χ4v) is 10.8. The normalized spacial score (nSPS) is 18.8. The summed E-state index contributed by atoms with van der Waals surface area (Å²) in [6.45, 7) is 9.65. The van der Waals surface area contributed by atoms with Crippen LogP contribution in [0.4, 0.5) is 0 Å². The van der Waals surface area contributed by atoms with Crippen molar-refractivity contribution in [3.8, 4) is 39.9 Å². The highest BCUT2D eigenvalue weighted by Gasteiger charge is 2.51. The molecule has 0 fully saturated rings. The molecule has 57 heavy (non-hydrogen) atoms. The van der Waals surface area contributed by atoms with E-state index in [1.807, 2.05) is 30.3 Å². The van der Waals surface area contributed by atoms with Crippen LogP contribution in [0.15, 0.2) is 97.1 Å². The molecule has 2 aliphatic carbocycles. The summed E-state index contributed by atoms with van der Waals surface area (Å²) < 4.78 is 30.8. The first-order valence-corrected chi connectivity index (χ1v) is 20.9. The van der Waals surface area contributed by atoms with E-state index in [-0.39, 0.29) is 16.7 Å². The van der Waals surface area contributed by atoms with Gasteiger partial charge in [0.25, 0.3) is 0 Å². The third-order valence-electron chi connectivity index (χ3n) is 13.1. The zero-order chi connectivity index (χ0) is 40.0. The Labute approximate surface area is 340 Å². The summed E-state index contributed by atoms with van der Waals surface area (Å²) >= 11 is 0.